The fraction of sp³-hybridized carbons (Fsp3) is 0.667. The maximum absolute atomic E-state index is 12.0. The number of hydrogen-bond donors (Lipinski definition) is 2. The van der Waals surface area contributed by atoms with Crippen molar-refractivity contribution in [1.29, 1.82) is 0 Å². The van der Waals surface area contributed by atoms with E-state index in [1.807, 2.05) is 0 Å². The van der Waals surface area contributed by atoms with Crippen LogP contribution in [0.2, 0.25) is 0 Å². The van der Waals surface area contributed by atoms with Crippen LogP contribution >= 0.6 is 15.9 Å². The highest BCUT2D eigenvalue weighted by Gasteiger charge is 2.39. The van der Waals surface area contributed by atoms with Crippen molar-refractivity contribution in [3.63, 3.8) is 0 Å². The van der Waals surface area contributed by atoms with Gasteiger partial charge < -0.3 is 5.11 Å². The third kappa shape index (κ3) is 3.40. The van der Waals surface area contributed by atoms with Crippen LogP contribution in [0.4, 0.5) is 13.2 Å². The van der Waals surface area contributed by atoms with Crippen molar-refractivity contribution in [3.8, 4) is 0 Å². The summed E-state index contributed by atoms with van der Waals surface area (Å²) in [5.74, 6) is 0. The van der Waals surface area contributed by atoms with E-state index in [0.29, 0.717) is 0 Å². The number of hydrogen-bond acceptors (Lipinski definition) is 5. The molecule has 2 N–H and O–H groups in total. The van der Waals surface area contributed by atoms with Gasteiger partial charge in [0.2, 0.25) is 5.03 Å². The Kier molecular flexibility index (Phi) is 4.35. The van der Waals surface area contributed by atoms with E-state index in [0.717, 1.165) is 4.68 Å². The normalized spacial score (nSPS) is 14.8. The van der Waals surface area contributed by atoms with E-state index in [9.17, 15) is 21.6 Å². The number of aliphatic hydroxyl groups is 1. The van der Waals surface area contributed by atoms with Gasteiger partial charge in [-0.25, -0.2) is 17.8 Å². The summed E-state index contributed by atoms with van der Waals surface area (Å²) >= 11 is 2.80. The molecule has 18 heavy (non-hydrogen) atoms. The molecule has 1 atom stereocenters. The molecule has 0 saturated heterocycles. The number of nitrogens with one attached hydrogen (secondary N) is 1. The van der Waals surface area contributed by atoms with Crippen LogP contribution in [0.5, 0.6) is 0 Å². The zero-order chi connectivity index (χ0) is 14.1. The summed E-state index contributed by atoms with van der Waals surface area (Å²) in [4.78, 5) is 0. The molecule has 0 aliphatic heterocycles. The Bertz CT molecular complexity index is 509. The van der Waals surface area contributed by atoms with Crippen LogP contribution in [-0.4, -0.2) is 47.3 Å². The van der Waals surface area contributed by atoms with Crippen LogP contribution in [0, 0.1) is 0 Å². The first-order chi connectivity index (χ1) is 8.05. The van der Waals surface area contributed by atoms with Gasteiger partial charge >= 0.3 is 6.18 Å². The van der Waals surface area contributed by atoms with E-state index in [2.05, 4.69) is 26.2 Å². The second-order valence-electron chi connectivity index (χ2n) is 3.22. The largest absolute Gasteiger partial charge is 0.415 e. The van der Waals surface area contributed by atoms with Gasteiger partial charge in [0.25, 0.3) is 10.0 Å². The highest BCUT2D eigenvalue weighted by molar-refractivity contribution is 9.10. The molecule has 0 saturated carbocycles. The SMILES string of the molecule is Cn1nnc(Br)c1S(=O)(=O)NCC(O)C(F)(F)F. The number of halogens is 4. The maximum atomic E-state index is 12.0. The number of sulfonamides is 1. The minimum absolute atomic E-state index is 0.140. The third-order valence-corrected chi connectivity index (χ3v) is 4.15. The van der Waals surface area contributed by atoms with E-state index in [4.69, 9.17) is 5.11 Å². The lowest BCUT2D eigenvalue weighted by Gasteiger charge is -2.15. The molecular formula is C6H8BrF3N4O3S. The molecule has 1 unspecified atom stereocenters. The molecule has 0 aliphatic carbocycles. The van der Waals surface area contributed by atoms with Crippen molar-refractivity contribution in [2.24, 2.45) is 7.05 Å². The number of nitrogens with zero attached hydrogens (tertiary/aromatic N) is 3. The summed E-state index contributed by atoms with van der Waals surface area (Å²) in [5.41, 5.74) is 0. The molecule has 104 valence electrons. The first-order valence-electron chi connectivity index (χ1n) is 4.35. The summed E-state index contributed by atoms with van der Waals surface area (Å²) in [6.07, 6.45) is -7.68. The Labute approximate surface area is 108 Å². The van der Waals surface area contributed by atoms with Gasteiger partial charge in [-0.15, -0.1) is 5.10 Å². The van der Waals surface area contributed by atoms with Gasteiger partial charge in [0.05, 0.1) is 0 Å². The molecule has 0 aliphatic rings. The molecule has 1 aromatic rings. The fourth-order valence-electron chi connectivity index (χ4n) is 0.981. The summed E-state index contributed by atoms with van der Waals surface area (Å²) in [5, 5.41) is 15.0. The lowest BCUT2D eigenvalue weighted by molar-refractivity contribution is -0.200. The summed E-state index contributed by atoms with van der Waals surface area (Å²) in [6.45, 7) is -1.19. The smallest absolute Gasteiger partial charge is 0.382 e. The van der Waals surface area contributed by atoms with E-state index >= 15 is 0 Å². The molecule has 0 bridgehead atoms. The second-order valence-corrected chi connectivity index (χ2v) is 5.65. The van der Waals surface area contributed by atoms with Gasteiger partial charge in [-0.05, 0) is 15.9 Å². The Balaban J connectivity index is 2.85. The molecular weight excluding hydrogens is 345 g/mol. The molecule has 0 aromatic carbocycles. The number of rotatable bonds is 4. The predicted molar refractivity (Wildman–Crippen MR) is 56.0 cm³/mol. The van der Waals surface area contributed by atoms with Crippen LogP contribution < -0.4 is 4.72 Å². The van der Waals surface area contributed by atoms with Gasteiger partial charge in [0.15, 0.2) is 10.7 Å². The van der Waals surface area contributed by atoms with Crippen molar-refractivity contribution in [1.82, 2.24) is 19.7 Å². The number of aromatic nitrogens is 3. The molecule has 1 heterocycles. The molecule has 0 radical (unpaired) electrons. The Morgan fingerprint density at radius 2 is 2.11 bits per heavy atom. The monoisotopic (exact) mass is 352 g/mol. The lowest BCUT2D eigenvalue weighted by atomic mass is 10.4. The molecule has 0 amide bonds. The van der Waals surface area contributed by atoms with E-state index in [-0.39, 0.29) is 4.60 Å². The van der Waals surface area contributed by atoms with Crippen molar-refractivity contribution in [2.45, 2.75) is 17.3 Å². The topological polar surface area (TPSA) is 97.1 Å². The summed E-state index contributed by atoms with van der Waals surface area (Å²) in [6, 6.07) is 0. The van der Waals surface area contributed by atoms with Crippen LogP contribution in [0.3, 0.4) is 0 Å². The van der Waals surface area contributed by atoms with Crippen LogP contribution in [0.25, 0.3) is 0 Å². The van der Waals surface area contributed by atoms with Crippen molar-refractivity contribution in [2.75, 3.05) is 6.54 Å². The highest BCUT2D eigenvalue weighted by atomic mass is 79.9. The van der Waals surface area contributed by atoms with E-state index < -0.39 is 33.9 Å². The van der Waals surface area contributed by atoms with E-state index in [1.165, 1.54) is 7.05 Å². The molecule has 0 fully saturated rings. The summed E-state index contributed by atoms with van der Waals surface area (Å²) in [7, 11) is -3.00. The zero-order valence-electron chi connectivity index (χ0n) is 8.81. The zero-order valence-corrected chi connectivity index (χ0v) is 11.2. The fourth-order valence-corrected chi connectivity index (χ4v) is 3.11. The standard InChI is InChI=1S/C6H8BrF3N4O3S/c1-14-5(4(7)12-13-14)18(16,17)11-2-3(15)6(8,9)10/h3,11,15H,2H2,1H3. The molecule has 1 aromatic heterocycles. The molecule has 12 heteroatoms. The van der Waals surface area contributed by atoms with Crippen molar-refractivity contribution >= 4 is 26.0 Å². The third-order valence-electron chi connectivity index (χ3n) is 1.84. The quantitative estimate of drug-likeness (QED) is 0.780. The molecule has 0 spiro atoms. The second kappa shape index (κ2) is 5.11. The minimum Gasteiger partial charge on any atom is -0.382 e. The van der Waals surface area contributed by atoms with E-state index in [1.54, 1.807) is 4.72 Å². The van der Waals surface area contributed by atoms with Crippen molar-refractivity contribution in [3.05, 3.63) is 4.60 Å². The Morgan fingerprint density at radius 3 is 2.50 bits per heavy atom. The number of aryl methyl sites for hydroxylation is 1. The average Bonchev–Trinajstić information content (AvgIpc) is 2.54. The Hall–Kier alpha value is -0.720. The van der Waals surface area contributed by atoms with Crippen LogP contribution in [0.15, 0.2) is 9.63 Å². The highest BCUT2D eigenvalue weighted by Crippen LogP contribution is 2.21. The van der Waals surface area contributed by atoms with Crippen molar-refractivity contribution < 1.29 is 26.7 Å². The first kappa shape index (κ1) is 15.3. The lowest BCUT2D eigenvalue weighted by Crippen LogP contribution is -2.41. The van der Waals surface area contributed by atoms with Crippen LogP contribution in [-0.2, 0) is 17.1 Å². The minimum atomic E-state index is -4.90. The van der Waals surface area contributed by atoms with Gasteiger partial charge in [-0.3, -0.25) is 0 Å². The summed E-state index contributed by atoms with van der Waals surface area (Å²) < 4.78 is 61.6. The first-order valence-corrected chi connectivity index (χ1v) is 6.63. The number of alkyl halides is 3. The predicted octanol–water partition coefficient (Wildman–Crippen LogP) is -0.221. The van der Waals surface area contributed by atoms with Gasteiger partial charge in [0.1, 0.15) is 0 Å². The maximum Gasteiger partial charge on any atom is 0.415 e. The molecule has 1 rings (SSSR count). The average molecular weight is 353 g/mol. The van der Waals surface area contributed by atoms with Gasteiger partial charge in [-0.1, -0.05) is 5.21 Å². The number of aliphatic hydroxyl groups excluding tert-OH is 1. The van der Waals surface area contributed by atoms with Crippen LogP contribution in [0.1, 0.15) is 0 Å². The Morgan fingerprint density at radius 1 is 1.56 bits per heavy atom. The molecule has 7 nitrogen and oxygen atoms in total. The van der Waals surface area contributed by atoms with Gasteiger partial charge in [-0.2, -0.15) is 13.2 Å². The van der Waals surface area contributed by atoms with Gasteiger partial charge in [0, 0.05) is 13.6 Å².